The van der Waals surface area contributed by atoms with Crippen LogP contribution in [0.3, 0.4) is 0 Å². The summed E-state index contributed by atoms with van der Waals surface area (Å²) in [5, 5.41) is -0.00936. The number of halogens is 2. The third kappa shape index (κ3) is 3.18. The van der Waals surface area contributed by atoms with Gasteiger partial charge >= 0.3 is 12.0 Å². The van der Waals surface area contributed by atoms with Crippen LogP contribution in [0, 0.1) is 5.82 Å². The summed E-state index contributed by atoms with van der Waals surface area (Å²) in [4.78, 5) is 11.4. The van der Waals surface area contributed by atoms with E-state index in [0.29, 0.717) is 0 Å². The highest BCUT2D eigenvalue weighted by atomic mass is 35.5. The lowest BCUT2D eigenvalue weighted by molar-refractivity contribution is 0.359. The number of ether oxygens (including phenoxy) is 2. The molecule has 7 nitrogen and oxygen atoms in total. The number of methoxy groups -OCH3 is 1. The van der Waals surface area contributed by atoms with Crippen LogP contribution < -0.4 is 20.7 Å². The van der Waals surface area contributed by atoms with E-state index in [4.69, 9.17) is 26.9 Å². The minimum Gasteiger partial charge on any atom is -0.467 e. The third-order valence-corrected chi connectivity index (χ3v) is 2.31. The zero-order valence-corrected chi connectivity index (χ0v) is 10.5. The first-order valence-electron chi connectivity index (χ1n) is 5.02. The highest BCUT2D eigenvalue weighted by molar-refractivity contribution is 6.30. The maximum atomic E-state index is 13.3. The van der Waals surface area contributed by atoms with Crippen molar-refractivity contribution in [3.63, 3.8) is 0 Å². The number of nitrogens with two attached hydrogens (primary N) is 1. The van der Waals surface area contributed by atoms with Crippen LogP contribution in [-0.2, 0) is 0 Å². The lowest BCUT2D eigenvalue weighted by Gasteiger charge is -2.07. The van der Waals surface area contributed by atoms with Gasteiger partial charge in [-0.1, -0.05) is 11.6 Å². The molecule has 0 saturated carbocycles. The van der Waals surface area contributed by atoms with Gasteiger partial charge in [-0.2, -0.15) is 9.97 Å². The Hall–Kier alpha value is -2.19. The smallest absolute Gasteiger partial charge is 0.330 e. The van der Waals surface area contributed by atoms with E-state index in [1.165, 1.54) is 19.2 Å². The van der Waals surface area contributed by atoms with Crippen LogP contribution >= 0.6 is 11.6 Å². The number of nitrogen functional groups attached to an aromatic ring is 1. The molecule has 0 aliphatic heterocycles. The molecule has 0 amide bonds. The number of benzene rings is 1. The van der Waals surface area contributed by atoms with Gasteiger partial charge in [0.25, 0.3) is 0 Å². The van der Waals surface area contributed by atoms with Crippen LogP contribution in [-0.4, -0.2) is 22.1 Å². The molecule has 19 heavy (non-hydrogen) atoms. The normalized spacial score (nSPS) is 10.1. The number of aromatic nitrogens is 3. The maximum absolute atomic E-state index is 13.3. The Morgan fingerprint density at radius 3 is 2.63 bits per heavy atom. The lowest BCUT2D eigenvalue weighted by Crippen LogP contribution is -2.12. The SMILES string of the molecule is COc1nc(NN)nc(Oc2ccc(Cl)c(F)c2)n1. The Balaban J connectivity index is 2.29. The molecular formula is C10H9ClFN5O2. The summed E-state index contributed by atoms with van der Waals surface area (Å²) in [6, 6.07) is 3.84. The molecule has 0 bridgehead atoms. The van der Waals surface area contributed by atoms with Crippen molar-refractivity contribution in [3.05, 3.63) is 29.0 Å². The van der Waals surface area contributed by atoms with Gasteiger partial charge in [-0.05, 0) is 12.1 Å². The second-order valence-corrected chi connectivity index (χ2v) is 3.66. The fourth-order valence-electron chi connectivity index (χ4n) is 1.19. The lowest BCUT2D eigenvalue weighted by atomic mass is 10.3. The molecule has 100 valence electrons. The molecule has 0 radical (unpaired) electrons. The van der Waals surface area contributed by atoms with E-state index < -0.39 is 5.82 Å². The van der Waals surface area contributed by atoms with E-state index in [1.807, 2.05) is 0 Å². The van der Waals surface area contributed by atoms with Crippen molar-refractivity contribution in [1.82, 2.24) is 15.0 Å². The predicted octanol–water partition coefficient (Wildman–Crippen LogP) is 1.75. The number of hydrogen-bond donors (Lipinski definition) is 2. The second kappa shape index (κ2) is 5.63. The molecule has 0 aliphatic rings. The van der Waals surface area contributed by atoms with E-state index in [-0.39, 0.29) is 28.7 Å². The number of nitrogens with one attached hydrogen (secondary N) is 1. The van der Waals surface area contributed by atoms with E-state index >= 15 is 0 Å². The van der Waals surface area contributed by atoms with Gasteiger partial charge in [-0.15, -0.1) is 4.98 Å². The fourth-order valence-corrected chi connectivity index (χ4v) is 1.30. The van der Waals surface area contributed by atoms with Crippen LogP contribution in [0.15, 0.2) is 18.2 Å². The van der Waals surface area contributed by atoms with Crippen molar-refractivity contribution in [3.8, 4) is 17.8 Å². The Kier molecular flexibility index (Phi) is 3.93. The van der Waals surface area contributed by atoms with Crippen LogP contribution in [0.25, 0.3) is 0 Å². The third-order valence-electron chi connectivity index (χ3n) is 2.01. The zero-order valence-electron chi connectivity index (χ0n) is 9.72. The molecule has 1 aromatic carbocycles. The highest BCUT2D eigenvalue weighted by Gasteiger charge is 2.09. The molecule has 1 heterocycles. The molecule has 0 atom stereocenters. The monoisotopic (exact) mass is 285 g/mol. The van der Waals surface area contributed by atoms with Crippen LogP contribution in [0.2, 0.25) is 5.02 Å². The van der Waals surface area contributed by atoms with Crippen LogP contribution in [0.4, 0.5) is 10.3 Å². The van der Waals surface area contributed by atoms with Crippen molar-refractivity contribution in [2.75, 3.05) is 12.5 Å². The predicted molar refractivity (Wildman–Crippen MR) is 65.7 cm³/mol. The molecule has 9 heteroatoms. The number of rotatable bonds is 4. The van der Waals surface area contributed by atoms with Gasteiger partial charge in [0.15, 0.2) is 0 Å². The molecule has 0 spiro atoms. The Morgan fingerprint density at radius 2 is 2.00 bits per heavy atom. The van der Waals surface area contributed by atoms with Crippen LogP contribution in [0.5, 0.6) is 17.8 Å². The summed E-state index contributed by atoms with van der Waals surface area (Å²) in [7, 11) is 1.38. The number of hydrazine groups is 1. The Morgan fingerprint density at radius 1 is 1.26 bits per heavy atom. The molecule has 1 aromatic heterocycles. The average molecular weight is 286 g/mol. The first kappa shape index (κ1) is 13.2. The summed E-state index contributed by atoms with van der Waals surface area (Å²) in [5.41, 5.74) is 2.23. The molecule has 2 rings (SSSR count). The molecule has 3 N–H and O–H groups in total. The first-order chi connectivity index (χ1) is 9.12. The summed E-state index contributed by atoms with van der Waals surface area (Å²) < 4.78 is 23.4. The Labute approximate surface area is 112 Å². The van der Waals surface area contributed by atoms with E-state index in [9.17, 15) is 4.39 Å². The molecule has 0 unspecified atom stereocenters. The minimum atomic E-state index is -0.614. The van der Waals surface area contributed by atoms with Gasteiger partial charge < -0.3 is 9.47 Å². The molecule has 0 saturated heterocycles. The van der Waals surface area contributed by atoms with Crippen molar-refractivity contribution < 1.29 is 13.9 Å². The standard InChI is InChI=1S/C10H9ClFN5O2/c1-18-9-14-8(17-13)15-10(16-9)19-5-2-3-6(11)7(12)4-5/h2-4H,13H2,1H3,(H,14,15,16,17). The van der Waals surface area contributed by atoms with Gasteiger partial charge in [-0.3, -0.25) is 5.43 Å². The van der Waals surface area contributed by atoms with E-state index in [0.717, 1.165) is 6.07 Å². The number of nitrogens with zero attached hydrogens (tertiary/aromatic N) is 3. The Bertz CT molecular complexity index is 576. The average Bonchev–Trinajstić information content (AvgIpc) is 2.42. The van der Waals surface area contributed by atoms with Gasteiger partial charge in [0.05, 0.1) is 12.1 Å². The second-order valence-electron chi connectivity index (χ2n) is 3.25. The van der Waals surface area contributed by atoms with Gasteiger partial charge in [0.2, 0.25) is 5.95 Å². The summed E-state index contributed by atoms with van der Waals surface area (Å²) in [6.45, 7) is 0. The topological polar surface area (TPSA) is 95.2 Å². The van der Waals surface area contributed by atoms with Crippen molar-refractivity contribution in [1.29, 1.82) is 0 Å². The van der Waals surface area contributed by atoms with Gasteiger partial charge in [0, 0.05) is 6.07 Å². The van der Waals surface area contributed by atoms with Gasteiger partial charge in [0.1, 0.15) is 11.6 Å². The molecule has 0 fully saturated rings. The maximum Gasteiger partial charge on any atom is 0.330 e. The fraction of sp³-hybridized carbons (Fsp3) is 0.100. The quantitative estimate of drug-likeness (QED) is 0.652. The van der Waals surface area contributed by atoms with Crippen molar-refractivity contribution >= 4 is 17.5 Å². The van der Waals surface area contributed by atoms with Gasteiger partial charge in [-0.25, -0.2) is 10.2 Å². The van der Waals surface area contributed by atoms with Crippen molar-refractivity contribution in [2.24, 2.45) is 5.84 Å². The molecular weight excluding hydrogens is 277 g/mol. The van der Waals surface area contributed by atoms with Crippen molar-refractivity contribution in [2.45, 2.75) is 0 Å². The van der Waals surface area contributed by atoms with Crippen LogP contribution in [0.1, 0.15) is 0 Å². The summed E-state index contributed by atoms with van der Waals surface area (Å²) in [6.07, 6.45) is 0. The summed E-state index contributed by atoms with van der Waals surface area (Å²) >= 11 is 5.56. The van der Waals surface area contributed by atoms with E-state index in [2.05, 4.69) is 20.4 Å². The highest BCUT2D eigenvalue weighted by Crippen LogP contribution is 2.24. The summed E-state index contributed by atoms with van der Waals surface area (Å²) in [5.74, 6) is 4.81. The minimum absolute atomic E-state index is 0.00684. The number of anilines is 1. The largest absolute Gasteiger partial charge is 0.467 e. The first-order valence-corrected chi connectivity index (χ1v) is 5.39. The zero-order chi connectivity index (χ0) is 13.8. The molecule has 2 aromatic rings. The number of hydrogen-bond acceptors (Lipinski definition) is 7. The van der Waals surface area contributed by atoms with E-state index in [1.54, 1.807) is 0 Å². The molecule has 0 aliphatic carbocycles.